The number of aryl methyl sites for hydroxylation is 2. The first-order chi connectivity index (χ1) is 9.25. The summed E-state index contributed by atoms with van der Waals surface area (Å²) in [5.74, 6) is 1.55. The molecule has 0 heteroatoms. The third-order valence-corrected chi connectivity index (χ3v) is 4.54. The summed E-state index contributed by atoms with van der Waals surface area (Å²) in [6.45, 7) is 4.53. The molecule has 0 aliphatic heterocycles. The lowest BCUT2D eigenvalue weighted by Gasteiger charge is -2.07. The van der Waals surface area contributed by atoms with Crippen LogP contribution in [0.25, 0.3) is 21.5 Å². The molecule has 0 aromatic heterocycles. The van der Waals surface area contributed by atoms with Crippen LogP contribution in [0.3, 0.4) is 0 Å². The average molecular weight is 245 g/mol. The largest absolute Gasteiger partial charge is 0.136 e. The summed E-state index contributed by atoms with van der Waals surface area (Å²) >= 11 is 0. The van der Waals surface area contributed by atoms with Gasteiger partial charge in [-0.25, -0.2) is 0 Å². The maximum absolute atomic E-state index is 2.40. The maximum atomic E-state index is 2.40. The lowest BCUT2D eigenvalue weighted by molar-refractivity contribution is 0.942. The van der Waals surface area contributed by atoms with E-state index in [9.17, 15) is 0 Å². The fraction of sp³-hybridized carbons (Fsp3) is 0.211. The average Bonchev–Trinajstić information content (AvgIpc) is 2.80. The van der Waals surface area contributed by atoms with Gasteiger partial charge in [-0.3, -0.25) is 0 Å². The Hall–Kier alpha value is -1.95. The molecular weight excluding hydrogens is 228 g/mol. The van der Waals surface area contributed by atoms with Crippen molar-refractivity contribution in [3.63, 3.8) is 0 Å². The quantitative estimate of drug-likeness (QED) is 0.377. The first kappa shape index (κ1) is 10.9. The summed E-state index contributed by atoms with van der Waals surface area (Å²) in [5, 5.41) is 5.65. The van der Waals surface area contributed by atoms with Crippen LogP contribution in [0, 0.1) is 12.8 Å². The van der Waals surface area contributed by atoms with Gasteiger partial charge in [-0.1, -0.05) is 30.3 Å². The van der Waals surface area contributed by atoms with Gasteiger partial charge in [0, 0.05) is 48.1 Å². The van der Waals surface area contributed by atoms with Crippen LogP contribution in [0.1, 0.15) is 30.0 Å². The summed E-state index contributed by atoms with van der Waals surface area (Å²) in [6, 6.07) is 15.7. The molecule has 0 heterocycles. The van der Waals surface area contributed by atoms with Crippen LogP contribution in [-0.2, 0) is 6.42 Å². The molecule has 1 aliphatic rings. The van der Waals surface area contributed by atoms with Gasteiger partial charge in [0.05, 0.1) is 5.56 Å². The lowest BCUT2D eigenvalue weighted by Crippen LogP contribution is -1.92. The molecule has 19 heavy (non-hydrogen) atoms. The van der Waals surface area contributed by atoms with Crippen LogP contribution in [0.4, 0.5) is 0 Å². The van der Waals surface area contributed by atoms with E-state index in [2.05, 4.69) is 56.3 Å². The molecule has 3 aromatic carbocycles. The Labute approximate surface area is 114 Å². The van der Waals surface area contributed by atoms with E-state index in [0.29, 0.717) is 0 Å². The first-order valence-corrected chi connectivity index (χ1v) is 7.02. The lowest BCUT2D eigenvalue weighted by atomic mass is 9.91. The Morgan fingerprint density at radius 1 is 1.00 bits per heavy atom. The van der Waals surface area contributed by atoms with Crippen LogP contribution >= 0.6 is 0 Å². The van der Waals surface area contributed by atoms with Crippen molar-refractivity contribution < 1.29 is 0 Å². The second-order valence-corrected chi connectivity index (χ2v) is 5.71. The molecular formula is C19H17+. The van der Waals surface area contributed by atoms with E-state index in [1.165, 1.54) is 45.5 Å². The SMILES string of the molecule is Cc1cc2c(c3ccc4ccccc4c13)CC[C+]2C. The van der Waals surface area contributed by atoms with E-state index in [1.807, 2.05) is 0 Å². The Kier molecular flexibility index (Phi) is 2.17. The van der Waals surface area contributed by atoms with Crippen molar-refractivity contribution >= 4 is 21.5 Å². The first-order valence-electron chi connectivity index (χ1n) is 7.02. The van der Waals surface area contributed by atoms with Gasteiger partial charge < -0.3 is 0 Å². The molecule has 3 aromatic rings. The highest BCUT2D eigenvalue weighted by Crippen LogP contribution is 2.40. The normalized spacial score (nSPS) is 14.3. The van der Waals surface area contributed by atoms with Gasteiger partial charge in [-0.2, -0.15) is 0 Å². The van der Waals surface area contributed by atoms with Gasteiger partial charge in [0.1, 0.15) is 5.56 Å². The molecule has 0 spiro atoms. The number of fused-ring (bicyclic) bond motifs is 5. The molecule has 0 saturated carbocycles. The zero-order valence-electron chi connectivity index (χ0n) is 11.5. The van der Waals surface area contributed by atoms with Gasteiger partial charge in [0.15, 0.2) is 0 Å². The molecule has 0 unspecified atom stereocenters. The summed E-state index contributed by atoms with van der Waals surface area (Å²) < 4.78 is 0. The Bertz CT molecular complexity index is 796. The highest BCUT2D eigenvalue weighted by atomic mass is 14.3. The smallest absolute Gasteiger partial charge is 0.0616 e. The second kappa shape index (κ2) is 3.77. The van der Waals surface area contributed by atoms with Gasteiger partial charge in [-0.05, 0) is 23.8 Å². The fourth-order valence-corrected chi connectivity index (χ4v) is 3.57. The highest BCUT2D eigenvalue weighted by molar-refractivity contribution is 6.10. The molecule has 0 saturated heterocycles. The predicted molar refractivity (Wildman–Crippen MR) is 82.5 cm³/mol. The van der Waals surface area contributed by atoms with Crippen molar-refractivity contribution in [2.75, 3.05) is 0 Å². The van der Waals surface area contributed by atoms with E-state index in [4.69, 9.17) is 0 Å². The summed E-state index contributed by atoms with van der Waals surface area (Å²) in [7, 11) is 0. The van der Waals surface area contributed by atoms with Crippen LogP contribution in [0.15, 0.2) is 42.5 Å². The molecule has 0 nitrogen and oxygen atoms in total. The Balaban J connectivity index is 2.22. The highest BCUT2D eigenvalue weighted by Gasteiger charge is 2.30. The van der Waals surface area contributed by atoms with E-state index >= 15 is 0 Å². The molecule has 0 radical (unpaired) electrons. The van der Waals surface area contributed by atoms with Crippen LogP contribution < -0.4 is 0 Å². The van der Waals surface area contributed by atoms with Crippen molar-refractivity contribution in [3.8, 4) is 0 Å². The van der Waals surface area contributed by atoms with Crippen molar-refractivity contribution in [1.82, 2.24) is 0 Å². The van der Waals surface area contributed by atoms with Gasteiger partial charge in [0.25, 0.3) is 0 Å². The Morgan fingerprint density at radius 3 is 2.74 bits per heavy atom. The molecule has 1 aliphatic carbocycles. The van der Waals surface area contributed by atoms with E-state index in [-0.39, 0.29) is 0 Å². The number of hydrogen-bond acceptors (Lipinski definition) is 0. The number of rotatable bonds is 0. The predicted octanol–water partition coefficient (Wildman–Crippen LogP) is 5.19. The summed E-state index contributed by atoms with van der Waals surface area (Å²) in [5.41, 5.74) is 4.47. The molecule has 0 fully saturated rings. The fourth-order valence-electron chi connectivity index (χ4n) is 3.57. The monoisotopic (exact) mass is 245 g/mol. The van der Waals surface area contributed by atoms with E-state index < -0.39 is 0 Å². The van der Waals surface area contributed by atoms with Crippen molar-refractivity contribution in [2.45, 2.75) is 26.7 Å². The minimum absolute atomic E-state index is 1.20. The van der Waals surface area contributed by atoms with E-state index in [0.717, 1.165) is 0 Å². The maximum Gasteiger partial charge on any atom is 0.136 e. The van der Waals surface area contributed by atoms with Gasteiger partial charge in [-0.15, -0.1) is 0 Å². The van der Waals surface area contributed by atoms with Gasteiger partial charge in [0.2, 0.25) is 0 Å². The zero-order chi connectivity index (χ0) is 13.0. The molecule has 0 amide bonds. The number of hydrogen-bond donors (Lipinski definition) is 0. The third kappa shape index (κ3) is 1.43. The van der Waals surface area contributed by atoms with E-state index in [1.54, 1.807) is 11.5 Å². The minimum atomic E-state index is 1.20. The summed E-state index contributed by atoms with van der Waals surface area (Å²) in [4.78, 5) is 0. The van der Waals surface area contributed by atoms with Gasteiger partial charge >= 0.3 is 0 Å². The second-order valence-electron chi connectivity index (χ2n) is 5.71. The zero-order valence-corrected chi connectivity index (χ0v) is 11.5. The Morgan fingerprint density at radius 2 is 1.84 bits per heavy atom. The molecule has 0 bridgehead atoms. The minimum Gasteiger partial charge on any atom is -0.0616 e. The summed E-state index contributed by atoms with van der Waals surface area (Å²) in [6.07, 6.45) is 2.43. The van der Waals surface area contributed by atoms with Crippen LogP contribution in [-0.4, -0.2) is 0 Å². The van der Waals surface area contributed by atoms with Crippen molar-refractivity contribution in [1.29, 1.82) is 0 Å². The van der Waals surface area contributed by atoms with Crippen molar-refractivity contribution in [3.05, 3.63) is 65.1 Å². The molecule has 92 valence electrons. The van der Waals surface area contributed by atoms with Crippen LogP contribution in [0.2, 0.25) is 0 Å². The standard InChI is InChI=1S/C19H17/c1-12-7-9-16-17-10-8-14-5-3-4-6-15(14)19(17)13(2)11-18(12)16/h3-6,8,10-11H,7,9H2,1-2H3/q+1. The number of benzene rings is 3. The molecule has 0 atom stereocenters. The molecule has 4 rings (SSSR count). The third-order valence-electron chi connectivity index (χ3n) is 4.54. The molecule has 0 N–H and O–H groups in total. The van der Waals surface area contributed by atoms with Crippen LogP contribution in [0.5, 0.6) is 0 Å². The van der Waals surface area contributed by atoms with Crippen molar-refractivity contribution in [2.24, 2.45) is 0 Å². The topological polar surface area (TPSA) is 0 Å².